The number of fused-ring (bicyclic) bond motifs is 1. The topological polar surface area (TPSA) is 89.3 Å². The van der Waals surface area contributed by atoms with Gasteiger partial charge in [-0.2, -0.15) is 5.10 Å². The number of pyridine rings is 1. The van der Waals surface area contributed by atoms with Crippen molar-refractivity contribution in [2.24, 2.45) is 13.0 Å². The highest BCUT2D eigenvalue weighted by molar-refractivity contribution is 6.03. The number of nitrogens with one attached hydrogen (secondary N) is 1. The first-order valence-corrected chi connectivity index (χ1v) is 7.02. The molecule has 1 fully saturated rings. The van der Waals surface area contributed by atoms with E-state index in [2.05, 4.69) is 15.4 Å². The number of ether oxygens (including phenoxy) is 1. The van der Waals surface area contributed by atoms with Gasteiger partial charge in [0.2, 0.25) is 0 Å². The maximum atomic E-state index is 11.4. The zero-order valence-corrected chi connectivity index (χ0v) is 11.9. The molecule has 1 atom stereocenters. The van der Waals surface area contributed by atoms with Crippen molar-refractivity contribution in [2.75, 3.05) is 25.1 Å². The SMILES string of the molecule is Cn1ncc2c(NCCC3CCOC3)c(C(=O)O)cnc21. The maximum Gasteiger partial charge on any atom is 0.339 e. The molecule has 0 saturated carbocycles. The molecule has 0 aliphatic carbocycles. The summed E-state index contributed by atoms with van der Waals surface area (Å²) in [5, 5.41) is 17.4. The highest BCUT2D eigenvalue weighted by Crippen LogP contribution is 2.26. The van der Waals surface area contributed by atoms with Crippen LogP contribution in [0.15, 0.2) is 12.4 Å². The van der Waals surface area contributed by atoms with Crippen LogP contribution in [0.3, 0.4) is 0 Å². The van der Waals surface area contributed by atoms with Crippen molar-refractivity contribution in [1.29, 1.82) is 0 Å². The Labute approximate surface area is 121 Å². The van der Waals surface area contributed by atoms with Gasteiger partial charge in [0.25, 0.3) is 0 Å². The fraction of sp³-hybridized carbons (Fsp3) is 0.500. The van der Waals surface area contributed by atoms with Crippen molar-refractivity contribution in [3.63, 3.8) is 0 Å². The van der Waals surface area contributed by atoms with Crippen molar-refractivity contribution in [1.82, 2.24) is 14.8 Å². The van der Waals surface area contributed by atoms with Crippen molar-refractivity contribution in [3.05, 3.63) is 18.0 Å². The largest absolute Gasteiger partial charge is 0.478 e. The Morgan fingerprint density at radius 1 is 1.57 bits per heavy atom. The summed E-state index contributed by atoms with van der Waals surface area (Å²) in [5.41, 5.74) is 1.45. The van der Waals surface area contributed by atoms with Crippen molar-refractivity contribution >= 4 is 22.7 Å². The minimum absolute atomic E-state index is 0.179. The molecule has 2 aromatic rings. The van der Waals surface area contributed by atoms with Crippen molar-refractivity contribution in [3.8, 4) is 0 Å². The third kappa shape index (κ3) is 2.69. The van der Waals surface area contributed by atoms with Gasteiger partial charge in [0.05, 0.1) is 17.3 Å². The number of hydrogen-bond acceptors (Lipinski definition) is 5. The highest BCUT2D eigenvalue weighted by atomic mass is 16.5. The Bertz CT molecular complexity index is 662. The highest BCUT2D eigenvalue weighted by Gasteiger charge is 2.18. The normalized spacial score (nSPS) is 18.2. The van der Waals surface area contributed by atoms with Crippen LogP contribution < -0.4 is 5.32 Å². The van der Waals surface area contributed by atoms with Crippen LogP contribution in [0.25, 0.3) is 11.0 Å². The number of nitrogens with zero attached hydrogens (tertiary/aromatic N) is 3. The average molecular weight is 290 g/mol. The Morgan fingerprint density at radius 2 is 2.43 bits per heavy atom. The Hall–Kier alpha value is -2.15. The van der Waals surface area contributed by atoms with E-state index in [1.165, 1.54) is 6.20 Å². The summed E-state index contributed by atoms with van der Waals surface area (Å²) in [6, 6.07) is 0. The lowest BCUT2D eigenvalue weighted by atomic mass is 10.1. The van der Waals surface area contributed by atoms with Gasteiger partial charge in [-0.05, 0) is 18.8 Å². The van der Waals surface area contributed by atoms with E-state index in [9.17, 15) is 9.90 Å². The van der Waals surface area contributed by atoms with Crippen LogP contribution in [-0.4, -0.2) is 45.6 Å². The van der Waals surface area contributed by atoms with Crippen LogP contribution in [-0.2, 0) is 11.8 Å². The lowest BCUT2D eigenvalue weighted by molar-refractivity contribution is 0.0697. The maximum absolute atomic E-state index is 11.4. The van der Waals surface area contributed by atoms with Gasteiger partial charge in [-0.3, -0.25) is 4.68 Å². The van der Waals surface area contributed by atoms with Gasteiger partial charge in [-0.15, -0.1) is 0 Å². The van der Waals surface area contributed by atoms with Gasteiger partial charge >= 0.3 is 5.97 Å². The zero-order chi connectivity index (χ0) is 14.8. The van der Waals surface area contributed by atoms with Crippen LogP contribution in [0.5, 0.6) is 0 Å². The van der Waals surface area contributed by atoms with E-state index in [0.29, 0.717) is 23.8 Å². The molecule has 1 unspecified atom stereocenters. The van der Waals surface area contributed by atoms with Gasteiger partial charge < -0.3 is 15.2 Å². The number of anilines is 1. The zero-order valence-electron chi connectivity index (χ0n) is 11.9. The predicted octanol–water partition coefficient (Wildman–Crippen LogP) is 1.50. The van der Waals surface area contributed by atoms with E-state index in [4.69, 9.17) is 4.74 Å². The molecule has 2 aromatic heterocycles. The van der Waals surface area contributed by atoms with Gasteiger partial charge in [-0.25, -0.2) is 9.78 Å². The summed E-state index contributed by atoms with van der Waals surface area (Å²) < 4.78 is 6.99. The molecule has 0 spiro atoms. The molecule has 1 saturated heterocycles. The Kier molecular flexibility index (Phi) is 3.74. The quantitative estimate of drug-likeness (QED) is 0.867. The number of hydrogen-bond donors (Lipinski definition) is 2. The molecule has 1 aliphatic heterocycles. The van der Waals surface area contributed by atoms with E-state index >= 15 is 0 Å². The molecular weight excluding hydrogens is 272 g/mol. The molecule has 7 heteroatoms. The number of aryl methyl sites for hydroxylation is 1. The minimum atomic E-state index is -0.986. The molecule has 21 heavy (non-hydrogen) atoms. The molecule has 112 valence electrons. The fourth-order valence-electron chi connectivity index (χ4n) is 2.66. The van der Waals surface area contributed by atoms with E-state index < -0.39 is 5.97 Å². The van der Waals surface area contributed by atoms with Gasteiger partial charge in [0.1, 0.15) is 5.56 Å². The number of carbonyl (C=O) groups is 1. The molecular formula is C14H18N4O3. The molecule has 3 rings (SSSR count). The molecule has 0 radical (unpaired) electrons. The van der Waals surface area contributed by atoms with Crippen LogP contribution >= 0.6 is 0 Å². The molecule has 3 heterocycles. The van der Waals surface area contributed by atoms with E-state index in [0.717, 1.165) is 31.4 Å². The summed E-state index contributed by atoms with van der Waals surface area (Å²) in [6.07, 6.45) is 5.07. The molecule has 0 amide bonds. The number of rotatable bonds is 5. The van der Waals surface area contributed by atoms with Gasteiger partial charge in [0.15, 0.2) is 5.65 Å². The van der Waals surface area contributed by atoms with Crippen LogP contribution in [0.4, 0.5) is 5.69 Å². The van der Waals surface area contributed by atoms with E-state index in [1.54, 1.807) is 17.9 Å². The van der Waals surface area contributed by atoms with Crippen LogP contribution in [0.2, 0.25) is 0 Å². The summed E-state index contributed by atoms with van der Waals surface area (Å²) in [7, 11) is 1.79. The van der Waals surface area contributed by atoms with Gasteiger partial charge in [0, 0.05) is 33.0 Å². The Balaban J connectivity index is 1.83. The van der Waals surface area contributed by atoms with Crippen LogP contribution in [0, 0.1) is 5.92 Å². The lowest BCUT2D eigenvalue weighted by Crippen LogP contribution is -2.12. The molecule has 0 aromatic carbocycles. The Morgan fingerprint density at radius 3 is 3.14 bits per heavy atom. The number of aromatic carboxylic acids is 1. The second kappa shape index (κ2) is 5.69. The third-order valence-corrected chi connectivity index (χ3v) is 3.87. The van der Waals surface area contributed by atoms with Crippen molar-refractivity contribution < 1.29 is 14.6 Å². The first-order chi connectivity index (χ1) is 10.2. The number of aromatic nitrogens is 3. The third-order valence-electron chi connectivity index (χ3n) is 3.87. The number of carboxylic acids is 1. The second-order valence-corrected chi connectivity index (χ2v) is 5.30. The fourth-order valence-corrected chi connectivity index (χ4v) is 2.66. The molecule has 7 nitrogen and oxygen atoms in total. The van der Waals surface area contributed by atoms with Crippen LogP contribution in [0.1, 0.15) is 23.2 Å². The van der Waals surface area contributed by atoms with E-state index in [1.807, 2.05) is 0 Å². The lowest BCUT2D eigenvalue weighted by Gasteiger charge is -2.12. The minimum Gasteiger partial charge on any atom is -0.478 e. The summed E-state index contributed by atoms with van der Waals surface area (Å²) in [6.45, 7) is 2.33. The molecule has 2 N–H and O–H groups in total. The smallest absolute Gasteiger partial charge is 0.339 e. The first-order valence-electron chi connectivity index (χ1n) is 7.02. The standard InChI is InChI=1S/C14H18N4O3/c1-18-13-10(7-17-18)12(11(6-16-13)14(19)20)15-4-2-9-3-5-21-8-9/h6-7,9H,2-5,8H2,1H3,(H,15,16)(H,19,20). The summed E-state index contributed by atoms with van der Waals surface area (Å²) in [5.74, 6) is -0.433. The summed E-state index contributed by atoms with van der Waals surface area (Å²) >= 11 is 0. The predicted molar refractivity (Wildman–Crippen MR) is 77.5 cm³/mol. The van der Waals surface area contributed by atoms with E-state index in [-0.39, 0.29) is 5.56 Å². The summed E-state index contributed by atoms with van der Waals surface area (Å²) in [4.78, 5) is 15.5. The average Bonchev–Trinajstić information content (AvgIpc) is 3.09. The van der Waals surface area contributed by atoms with Crippen molar-refractivity contribution in [2.45, 2.75) is 12.8 Å². The van der Waals surface area contributed by atoms with Gasteiger partial charge in [-0.1, -0.05) is 0 Å². The number of carboxylic acid groups (broad SMARTS) is 1. The molecule has 0 bridgehead atoms. The first kappa shape index (κ1) is 13.8. The monoisotopic (exact) mass is 290 g/mol. The second-order valence-electron chi connectivity index (χ2n) is 5.30. The molecule has 1 aliphatic rings.